The molecule has 1 saturated heterocycles. The molecule has 1 aliphatic heterocycles. The Kier molecular flexibility index (Phi) is 5.75. The summed E-state index contributed by atoms with van der Waals surface area (Å²) in [6, 6.07) is 0. The van der Waals surface area contributed by atoms with Crippen molar-refractivity contribution < 1.29 is 0 Å². The molecule has 0 aromatic heterocycles. The fourth-order valence-corrected chi connectivity index (χ4v) is 2.05. The van der Waals surface area contributed by atoms with E-state index in [-0.39, 0.29) is 0 Å². The number of likely N-dealkylation sites (tertiary alicyclic amines) is 1. The van der Waals surface area contributed by atoms with Crippen molar-refractivity contribution in [2.24, 2.45) is 11.8 Å². The van der Waals surface area contributed by atoms with Crippen LogP contribution in [0.1, 0.15) is 26.7 Å². The first-order chi connectivity index (χ1) is 7.22. The third-order valence-corrected chi connectivity index (χ3v) is 3.01. The minimum Gasteiger partial charge on any atom is -0.316 e. The lowest BCUT2D eigenvalue weighted by molar-refractivity contribution is 0.200. The molecule has 15 heavy (non-hydrogen) atoms. The Morgan fingerprint density at radius 1 is 1.40 bits per heavy atom. The number of hydrogen-bond donors (Lipinski definition) is 1. The summed E-state index contributed by atoms with van der Waals surface area (Å²) in [5, 5.41) is 3.54. The van der Waals surface area contributed by atoms with Crippen LogP contribution in [0.2, 0.25) is 0 Å². The molecule has 2 nitrogen and oxygen atoms in total. The molecule has 0 aromatic rings. The van der Waals surface area contributed by atoms with Crippen LogP contribution < -0.4 is 5.32 Å². The van der Waals surface area contributed by atoms with Crippen molar-refractivity contribution in [3.8, 4) is 12.3 Å². The van der Waals surface area contributed by atoms with Gasteiger partial charge in [0.1, 0.15) is 0 Å². The average Bonchev–Trinajstić information content (AvgIpc) is 2.20. The minimum atomic E-state index is 0.756. The molecule has 0 radical (unpaired) electrons. The van der Waals surface area contributed by atoms with Crippen molar-refractivity contribution in [3.63, 3.8) is 0 Å². The lowest BCUT2D eigenvalue weighted by Gasteiger charge is -2.30. The SMILES string of the molecule is C#CCN1CCC(CNCC(C)C)CC1. The van der Waals surface area contributed by atoms with Crippen molar-refractivity contribution >= 4 is 0 Å². The molecule has 1 N–H and O–H groups in total. The standard InChI is InChI=1S/C13H24N2/c1-4-7-15-8-5-13(6-9-15)11-14-10-12(2)3/h1,12-14H,5-11H2,2-3H3. The van der Waals surface area contributed by atoms with E-state index in [2.05, 4.69) is 30.0 Å². The van der Waals surface area contributed by atoms with Crippen LogP contribution in [0.4, 0.5) is 0 Å². The van der Waals surface area contributed by atoms with E-state index in [1.54, 1.807) is 0 Å². The number of nitrogens with one attached hydrogen (secondary N) is 1. The molecule has 0 unspecified atom stereocenters. The zero-order valence-electron chi connectivity index (χ0n) is 10.1. The maximum atomic E-state index is 5.30. The molecule has 0 atom stereocenters. The molecule has 0 saturated carbocycles. The Hall–Kier alpha value is -0.520. The Balaban J connectivity index is 2.07. The third kappa shape index (κ3) is 5.20. The molecule has 2 heteroatoms. The molecule has 0 bridgehead atoms. The topological polar surface area (TPSA) is 15.3 Å². The summed E-state index contributed by atoms with van der Waals surface area (Å²) in [5.41, 5.74) is 0. The van der Waals surface area contributed by atoms with Crippen molar-refractivity contribution in [2.45, 2.75) is 26.7 Å². The Bertz CT molecular complexity index is 197. The second kappa shape index (κ2) is 6.87. The third-order valence-electron chi connectivity index (χ3n) is 3.01. The summed E-state index contributed by atoms with van der Waals surface area (Å²) in [5.74, 6) is 4.34. The highest BCUT2D eigenvalue weighted by Crippen LogP contribution is 2.15. The fourth-order valence-electron chi connectivity index (χ4n) is 2.05. The lowest BCUT2D eigenvalue weighted by Crippen LogP contribution is -2.38. The zero-order chi connectivity index (χ0) is 11.1. The maximum absolute atomic E-state index is 5.30. The van der Waals surface area contributed by atoms with E-state index < -0.39 is 0 Å². The number of hydrogen-bond acceptors (Lipinski definition) is 2. The number of piperidine rings is 1. The molecule has 0 amide bonds. The quantitative estimate of drug-likeness (QED) is 0.690. The van der Waals surface area contributed by atoms with Crippen molar-refractivity contribution in [3.05, 3.63) is 0 Å². The first kappa shape index (κ1) is 12.5. The maximum Gasteiger partial charge on any atom is 0.0598 e. The average molecular weight is 208 g/mol. The van der Waals surface area contributed by atoms with Crippen molar-refractivity contribution in [1.82, 2.24) is 10.2 Å². The molecule has 1 heterocycles. The highest BCUT2D eigenvalue weighted by Gasteiger charge is 2.17. The first-order valence-electron chi connectivity index (χ1n) is 6.09. The lowest BCUT2D eigenvalue weighted by atomic mass is 9.96. The summed E-state index contributed by atoms with van der Waals surface area (Å²) < 4.78 is 0. The molecule has 0 aliphatic carbocycles. The summed E-state index contributed by atoms with van der Waals surface area (Å²) in [6.07, 6.45) is 7.90. The zero-order valence-corrected chi connectivity index (χ0v) is 10.1. The Morgan fingerprint density at radius 3 is 2.60 bits per heavy atom. The van der Waals surface area contributed by atoms with Gasteiger partial charge < -0.3 is 5.32 Å². The second-order valence-electron chi connectivity index (χ2n) is 4.98. The summed E-state index contributed by atoms with van der Waals surface area (Å²) >= 11 is 0. The van der Waals surface area contributed by atoms with E-state index in [0.29, 0.717) is 0 Å². The van der Waals surface area contributed by atoms with Crippen LogP contribution in [0, 0.1) is 24.2 Å². The van der Waals surface area contributed by atoms with Crippen molar-refractivity contribution in [1.29, 1.82) is 0 Å². The van der Waals surface area contributed by atoms with E-state index in [9.17, 15) is 0 Å². The summed E-state index contributed by atoms with van der Waals surface area (Å²) in [7, 11) is 0. The predicted octanol–water partition coefficient (Wildman–Crippen LogP) is 1.58. The van der Waals surface area contributed by atoms with Crippen LogP contribution in [0.5, 0.6) is 0 Å². The molecule has 0 spiro atoms. The van der Waals surface area contributed by atoms with Gasteiger partial charge in [-0.15, -0.1) is 6.42 Å². The van der Waals surface area contributed by atoms with E-state index >= 15 is 0 Å². The highest BCUT2D eigenvalue weighted by atomic mass is 15.1. The van der Waals surface area contributed by atoms with Gasteiger partial charge in [0.2, 0.25) is 0 Å². The molecular weight excluding hydrogens is 184 g/mol. The highest BCUT2D eigenvalue weighted by molar-refractivity contribution is 4.89. The number of terminal acetylenes is 1. The van der Waals surface area contributed by atoms with E-state index in [1.165, 1.54) is 32.5 Å². The van der Waals surface area contributed by atoms with Crippen LogP contribution in [0.3, 0.4) is 0 Å². The van der Waals surface area contributed by atoms with Gasteiger partial charge in [0.25, 0.3) is 0 Å². The number of nitrogens with zero attached hydrogens (tertiary/aromatic N) is 1. The van der Waals surface area contributed by atoms with Gasteiger partial charge in [0.05, 0.1) is 6.54 Å². The second-order valence-corrected chi connectivity index (χ2v) is 4.98. The van der Waals surface area contributed by atoms with Gasteiger partial charge in [-0.25, -0.2) is 0 Å². The van der Waals surface area contributed by atoms with Crippen molar-refractivity contribution in [2.75, 3.05) is 32.7 Å². The molecular formula is C13H24N2. The largest absolute Gasteiger partial charge is 0.316 e. The van der Waals surface area contributed by atoms with Crippen LogP contribution >= 0.6 is 0 Å². The molecule has 1 fully saturated rings. The van der Waals surface area contributed by atoms with Crippen LogP contribution in [0.25, 0.3) is 0 Å². The van der Waals surface area contributed by atoms with Gasteiger partial charge >= 0.3 is 0 Å². The van der Waals surface area contributed by atoms with Gasteiger partial charge in [-0.05, 0) is 50.9 Å². The smallest absolute Gasteiger partial charge is 0.0598 e. The number of rotatable bonds is 5. The Labute approximate surface area is 94.4 Å². The molecule has 1 aliphatic rings. The fraction of sp³-hybridized carbons (Fsp3) is 0.846. The van der Waals surface area contributed by atoms with Crippen LogP contribution in [0.15, 0.2) is 0 Å². The van der Waals surface area contributed by atoms with E-state index in [4.69, 9.17) is 6.42 Å². The van der Waals surface area contributed by atoms with E-state index in [1.807, 2.05) is 0 Å². The minimum absolute atomic E-state index is 0.756. The van der Waals surface area contributed by atoms with Gasteiger partial charge in [-0.1, -0.05) is 19.8 Å². The molecule has 0 aromatic carbocycles. The normalized spacial score (nSPS) is 19.3. The predicted molar refractivity (Wildman–Crippen MR) is 65.7 cm³/mol. The molecule has 1 rings (SSSR count). The first-order valence-corrected chi connectivity index (χ1v) is 6.09. The molecule has 86 valence electrons. The van der Waals surface area contributed by atoms with Gasteiger partial charge in [-0.3, -0.25) is 4.90 Å². The summed E-state index contributed by atoms with van der Waals surface area (Å²) in [6.45, 7) is 10.0. The van der Waals surface area contributed by atoms with Gasteiger partial charge in [0, 0.05) is 0 Å². The van der Waals surface area contributed by atoms with Gasteiger partial charge in [-0.2, -0.15) is 0 Å². The van der Waals surface area contributed by atoms with Gasteiger partial charge in [0.15, 0.2) is 0 Å². The summed E-state index contributed by atoms with van der Waals surface area (Å²) in [4.78, 5) is 2.37. The van der Waals surface area contributed by atoms with Crippen LogP contribution in [-0.4, -0.2) is 37.6 Å². The van der Waals surface area contributed by atoms with Crippen LogP contribution in [-0.2, 0) is 0 Å². The monoisotopic (exact) mass is 208 g/mol. The Morgan fingerprint density at radius 2 is 2.07 bits per heavy atom. The van der Waals surface area contributed by atoms with E-state index in [0.717, 1.165) is 24.9 Å².